The molecule has 0 atom stereocenters. The Bertz CT molecular complexity index is 167. The van der Waals surface area contributed by atoms with Crippen molar-refractivity contribution in [1.82, 2.24) is 0 Å². The number of halogens is 1. The first-order valence-electron chi connectivity index (χ1n) is 4.73. The number of allylic oxidation sites excluding steroid dienone is 1. The summed E-state index contributed by atoms with van der Waals surface area (Å²) in [4.78, 5) is 10.5. The van der Waals surface area contributed by atoms with Gasteiger partial charge in [0.05, 0.1) is 13.7 Å². The van der Waals surface area contributed by atoms with E-state index < -0.39 is 12.4 Å². The quantitative estimate of drug-likeness (QED) is 0.554. The van der Waals surface area contributed by atoms with Crippen LogP contribution in [0.15, 0.2) is 11.9 Å². The minimum Gasteiger partial charge on any atom is -0.469 e. The number of carbonyl (C=O) groups is 1. The molecule has 0 aliphatic carbocycles. The number of rotatable bonds is 5. The normalized spacial score (nSPS) is 10.2. The van der Waals surface area contributed by atoms with Crippen LogP contribution in [0.3, 0.4) is 0 Å². The van der Waals surface area contributed by atoms with Crippen LogP contribution in [0.5, 0.6) is 0 Å². The van der Waals surface area contributed by atoms with Gasteiger partial charge in [-0.1, -0.05) is 19.9 Å². The number of aliphatic hydroxyl groups is 1. The van der Waals surface area contributed by atoms with Gasteiger partial charge in [0.2, 0.25) is 0 Å². The summed E-state index contributed by atoms with van der Waals surface area (Å²) in [5.41, 5.74) is 0. The largest absolute Gasteiger partial charge is 0.469 e. The Morgan fingerprint density at radius 3 is 2.50 bits per heavy atom. The Kier molecular flexibility index (Phi) is 13.5. The summed E-state index contributed by atoms with van der Waals surface area (Å²) in [6.07, 6.45) is 2.54. The molecule has 0 aliphatic heterocycles. The summed E-state index contributed by atoms with van der Waals surface area (Å²) in [5, 5.41) is 8.25. The Labute approximate surface area is 84.6 Å². The van der Waals surface area contributed by atoms with E-state index in [1.54, 1.807) is 0 Å². The van der Waals surface area contributed by atoms with E-state index in [2.05, 4.69) is 4.74 Å². The van der Waals surface area contributed by atoms with E-state index in [1.807, 2.05) is 13.8 Å². The van der Waals surface area contributed by atoms with Gasteiger partial charge in [0.25, 0.3) is 0 Å². The van der Waals surface area contributed by atoms with E-state index in [0.29, 0.717) is 12.8 Å². The third-order valence-electron chi connectivity index (χ3n) is 1.33. The fraction of sp³-hybridized carbons (Fsp3) is 0.700. The molecule has 0 fully saturated rings. The zero-order valence-corrected chi connectivity index (χ0v) is 9.05. The molecular weight excluding hydrogens is 187 g/mol. The number of hydrogen-bond acceptors (Lipinski definition) is 3. The third-order valence-corrected chi connectivity index (χ3v) is 1.33. The molecule has 1 N–H and O–H groups in total. The van der Waals surface area contributed by atoms with Crippen LogP contribution >= 0.6 is 0 Å². The third kappa shape index (κ3) is 11.1. The fourth-order valence-electron chi connectivity index (χ4n) is 0.672. The minimum atomic E-state index is -0.571. The maximum Gasteiger partial charge on any atom is 0.305 e. The van der Waals surface area contributed by atoms with Crippen molar-refractivity contribution in [3.63, 3.8) is 0 Å². The molecule has 0 heterocycles. The number of methoxy groups -OCH3 is 1. The minimum absolute atomic E-state index is 0.283. The highest BCUT2D eigenvalue weighted by Gasteiger charge is 1.98. The summed E-state index contributed by atoms with van der Waals surface area (Å²) in [7, 11) is 1.31. The van der Waals surface area contributed by atoms with Crippen molar-refractivity contribution in [3.05, 3.63) is 11.9 Å². The maximum atomic E-state index is 12.2. The average molecular weight is 206 g/mol. The molecular formula is C10H19FO3. The van der Waals surface area contributed by atoms with Crippen molar-refractivity contribution in [2.45, 2.75) is 33.1 Å². The molecule has 0 aromatic carbocycles. The predicted molar refractivity (Wildman–Crippen MR) is 53.5 cm³/mol. The number of esters is 1. The molecule has 84 valence electrons. The van der Waals surface area contributed by atoms with Crippen LogP contribution in [0, 0.1) is 0 Å². The lowest BCUT2D eigenvalue weighted by molar-refractivity contribution is -0.140. The topological polar surface area (TPSA) is 46.5 Å². The van der Waals surface area contributed by atoms with E-state index in [-0.39, 0.29) is 12.4 Å². The molecule has 0 amide bonds. The van der Waals surface area contributed by atoms with Gasteiger partial charge in [-0.2, -0.15) is 0 Å². The summed E-state index contributed by atoms with van der Waals surface area (Å²) in [6.45, 7) is 3.43. The van der Waals surface area contributed by atoms with Gasteiger partial charge in [0.1, 0.15) is 5.83 Å². The molecule has 3 nitrogen and oxygen atoms in total. The molecule has 0 rings (SSSR count). The molecule has 0 aromatic rings. The van der Waals surface area contributed by atoms with Crippen molar-refractivity contribution >= 4 is 5.97 Å². The second-order valence-corrected chi connectivity index (χ2v) is 2.28. The van der Waals surface area contributed by atoms with E-state index in [9.17, 15) is 9.18 Å². The second kappa shape index (κ2) is 12.1. The van der Waals surface area contributed by atoms with Gasteiger partial charge in [0.15, 0.2) is 0 Å². The van der Waals surface area contributed by atoms with Gasteiger partial charge < -0.3 is 9.84 Å². The van der Waals surface area contributed by atoms with Crippen molar-refractivity contribution in [1.29, 1.82) is 0 Å². The molecule has 0 spiro atoms. The van der Waals surface area contributed by atoms with Crippen LogP contribution < -0.4 is 0 Å². The Hall–Kier alpha value is -0.900. The highest BCUT2D eigenvalue weighted by atomic mass is 19.1. The smallest absolute Gasteiger partial charge is 0.305 e. The van der Waals surface area contributed by atoms with Gasteiger partial charge in [-0.15, -0.1) is 0 Å². The summed E-state index contributed by atoms with van der Waals surface area (Å²) in [5.74, 6) is -0.854. The maximum absolute atomic E-state index is 12.2. The summed E-state index contributed by atoms with van der Waals surface area (Å²) < 4.78 is 16.6. The van der Waals surface area contributed by atoms with Crippen LogP contribution in [0.1, 0.15) is 33.1 Å². The number of aliphatic hydroxyl groups excluding tert-OH is 1. The number of ether oxygens (including phenoxy) is 1. The average Bonchev–Trinajstić information content (AvgIpc) is 2.26. The predicted octanol–water partition coefficient (Wildman–Crippen LogP) is 2.20. The summed E-state index contributed by atoms with van der Waals surface area (Å²) in [6, 6.07) is 0. The first-order chi connectivity index (χ1) is 6.70. The molecule has 0 saturated heterocycles. The fourth-order valence-corrected chi connectivity index (χ4v) is 0.672. The second-order valence-electron chi connectivity index (χ2n) is 2.28. The van der Waals surface area contributed by atoms with Crippen LogP contribution in [-0.2, 0) is 9.53 Å². The molecule has 0 radical (unpaired) electrons. The van der Waals surface area contributed by atoms with Gasteiger partial charge in [-0.25, -0.2) is 4.39 Å². The Balaban J connectivity index is 0. The highest BCUT2D eigenvalue weighted by molar-refractivity contribution is 5.68. The lowest BCUT2D eigenvalue weighted by Gasteiger charge is -1.95. The molecule has 4 heteroatoms. The first-order valence-corrected chi connectivity index (χ1v) is 4.73. The van der Waals surface area contributed by atoms with Gasteiger partial charge in [-0.05, 0) is 12.8 Å². The monoisotopic (exact) mass is 206 g/mol. The lowest BCUT2D eigenvalue weighted by atomic mass is 10.2. The van der Waals surface area contributed by atoms with E-state index >= 15 is 0 Å². The molecule has 0 unspecified atom stereocenters. The SMILES string of the molecule is CC.COC(=O)CCC/C=C(/F)CO. The van der Waals surface area contributed by atoms with Crippen molar-refractivity contribution < 1.29 is 19.0 Å². The van der Waals surface area contributed by atoms with Crippen LogP contribution in [0.2, 0.25) is 0 Å². The number of unbranched alkanes of at least 4 members (excludes halogenated alkanes) is 1. The van der Waals surface area contributed by atoms with Gasteiger partial charge in [0, 0.05) is 6.42 Å². The van der Waals surface area contributed by atoms with Crippen molar-refractivity contribution in [2.75, 3.05) is 13.7 Å². The van der Waals surface area contributed by atoms with Gasteiger partial charge in [-0.3, -0.25) is 4.79 Å². The zero-order chi connectivity index (χ0) is 11.4. The molecule has 0 saturated carbocycles. The number of hydrogen-bond donors (Lipinski definition) is 1. The van der Waals surface area contributed by atoms with Crippen LogP contribution in [0.4, 0.5) is 4.39 Å². The van der Waals surface area contributed by atoms with E-state index in [0.717, 1.165) is 0 Å². The molecule has 0 aliphatic rings. The van der Waals surface area contributed by atoms with E-state index in [4.69, 9.17) is 5.11 Å². The Morgan fingerprint density at radius 1 is 1.50 bits per heavy atom. The Morgan fingerprint density at radius 2 is 2.07 bits per heavy atom. The van der Waals surface area contributed by atoms with Crippen molar-refractivity contribution in [3.8, 4) is 0 Å². The summed E-state index contributed by atoms with van der Waals surface area (Å²) >= 11 is 0. The standard InChI is InChI=1S/C8H13FO3.C2H6/c1-12-8(11)5-3-2-4-7(9)6-10;1-2/h4,10H,2-3,5-6H2,1H3;1-2H3/b7-4+;. The number of carbonyl (C=O) groups excluding carboxylic acids is 1. The molecule has 0 aromatic heterocycles. The lowest BCUT2D eigenvalue weighted by Crippen LogP contribution is -1.98. The first kappa shape index (κ1) is 15.6. The zero-order valence-electron chi connectivity index (χ0n) is 9.05. The van der Waals surface area contributed by atoms with E-state index in [1.165, 1.54) is 13.2 Å². The highest BCUT2D eigenvalue weighted by Crippen LogP contribution is 2.02. The van der Waals surface area contributed by atoms with Crippen LogP contribution in [-0.4, -0.2) is 24.8 Å². The molecule has 0 bridgehead atoms. The molecule has 14 heavy (non-hydrogen) atoms. The van der Waals surface area contributed by atoms with Gasteiger partial charge >= 0.3 is 5.97 Å². The van der Waals surface area contributed by atoms with Crippen molar-refractivity contribution in [2.24, 2.45) is 0 Å². The van der Waals surface area contributed by atoms with Crippen LogP contribution in [0.25, 0.3) is 0 Å².